The number of benzene rings is 2. The molecule has 0 saturated carbocycles. The Hall–Kier alpha value is -2.95. The van der Waals surface area contributed by atoms with Gasteiger partial charge in [0.15, 0.2) is 11.5 Å². The first-order chi connectivity index (χ1) is 14.8. The van der Waals surface area contributed by atoms with Crippen molar-refractivity contribution < 1.29 is 27.8 Å². The van der Waals surface area contributed by atoms with Gasteiger partial charge in [0.1, 0.15) is 12.9 Å². The number of amides is 1. The van der Waals surface area contributed by atoms with Gasteiger partial charge < -0.3 is 19.5 Å². The van der Waals surface area contributed by atoms with Gasteiger partial charge in [-0.05, 0) is 41.8 Å². The SMILES string of the molecule is C#CCOc1ccc(CCNC(=O)C(=COC(F)F)c2ccc(Cl)c(Cl)c2)cc1OC. The molecule has 31 heavy (non-hydrogen) atoms. The van der Waals surface area contributed by atoms with Gasteiger partial charge in [-0.1, -0.05) is 41.3 Å². The highest BCUT2D eigenvalue weighted by molar-refractivity contribution is 6.42. The van der Waals surface area contributed by atoms with E-state index in [-0.39, 0.29) is 34.3 Å². The maximum absolute atomic E-state index is 12.6. The summed E-state index contributed by atoms with van der Waals surface area (Å²) in [5.41, 5.74) is 1.02. The number of rotatable bonds is 10. The lowest BCUT2D eigenvalue weighted by Crippen LogP contribution is -2.27. The largest absolute Gasteiger partial charge is 0.493 e. The number of methoxy groups -OCH3 is 1. The molecule has 0 unspecified atom stereocenters. The molecule has 5 nitrogen and oxygen atoms in total. The fourth-order valence-corrected chi connectivity index (χ4v) is 2.86. The van der Waals surface area contributed by atoms with Crippen molar-refractivity contribution >= 4 is 34.7 Å². The Labute approximate surface area is 188 Å². The molecule has 1 amide bonds. The molecule has 0 aliphatic carbocycles. The average Bonchev–Trinajstić information content (AvgIpc) is 2.75. The number of hydrogen-bond donors (Lipinski definition) is 1. The van der Waals surface area contributed by atoms with E-state index < -0.39 is 12.5 Å². The van der Waals surface area contributed by atoms with Crippen LogP contribution in [0.3, 0.4) is 0 Å². The van der Waals surface area contributed by atoms with Crippen molar-refractivity contribution in [1.82, 2.24) is 5.32 Å². The third-order valence-electron chi connectivity index (χ3n) is 4.00. The van der Waals surface area contributed by atoms with Gasteiger partial charge in [0.05, 0.1) is 22.7 Å². The fraction of sp³-hybridized carbons (Fsp3) is 0.227. The molecule has 0 radical (unpaired) electrons. The topological polar surface area (TPSA) is 56.8 Å². The first-order valence-electron chi connectivity index (χ1n) is 8.96. The van der Waals surface area contributed by atoms with E-state index in [4.69, 9.17) is 39.1 Å². The number of nitrogens with one attached hydrogen (secondary N) is 1. The fourth-order valence-electron chi connectivity index (χ4n) is 2.56. The van der Waals surface area contributed by atoms with Crippen LogP contribution in [0.15, 0.2) is 42.7 Å². The van der Waals surface area contributed by atoms with Crippen molar-refractivity contribution in [2.75, 3.05) is 20.3 Å². The van der Waals surface area contributed by atoms with Gasteiger partial charge in [0.2, 0.25) is 0 Å². The maximum atomic E-state index is 12.6. The standard InChI is InChI=1S/C22H19Cl2F2NO4/c1-3-10-30-19-7-4-14(11-20(19)29-2)8-9-27-21(28)16(13-31-22(25)26)15-5-6-17(23)18(24)12-15/h1,4-7,11-13,22H,8-10H2,2H3,(H,27,28). The number of ether oxygens (including phenoxy) is 3. The third-order valence-corrected chi connectivity index (χ3v) is 4.74. The molecule has 2 aromatic carbocycles. The Morgan fingerprint density at radius 1 is 1.19 bits per heavy atom. The van der Waals surface area contributed by atoms with Crippen molar-refractivity contribution in [1.29, 1.82) is 0 Å². The summed E-state index contributed by atoms with van der Waals surface area (Å²) in [5, 5.41) is 3.11. The molecule has 0 bridgehead atoms. The van der Waals surface area contributed by atoms with Crippen LogP contribution in [-0.4, -0.2) is 32.8 Å². The van der Waals surface area contributed by atoms with Crippen LogP contribution in [0.1, 0.15) is 11.1 Å². The molecular formula is C22H19Cl2F2NO4. The number of hydrogen-bond acceptors (Lipinski definition) is 4. The zero-order valence-electron chi connectivity index (χ0n) is 16.5. The van der Waals surface area contributed by atoms with Crippen molar-refractivity contribution in [2.45, 2.75) is 13.0 Å². The van der Waals surface area contributed by atoms with Crippen LogP contribution < -0.4 is 14.8 Å². The molecule has 164 valence electrons. The quantitative estimate of drug-likeness (QED) is 0.303. The van der Waals surface area contributed by atoms with E-state index >= 15 is 0 Å². The van der Waals surface area contributed by atoms with E-state index in [1.807, 2.05) is 0 Å². The zero-order valence-corrected chi connectivity index (χ0v) is 18.0. The average molecular weight is 470 g/mol. The molecule has 0 saturated heterocycles. The van der Waals surface area contributed by atoms with Gasteiger partial charge in [0.25, 0.3) is 5.91 Å². The maximum Gasteiger partial charge on any atom is 0.386 e. The van der Waals surface area contributed by atoms with E-state index in [2.05, 4.69) is 16.0 Å². The Kier molecular flexibility index (Phi) is 9.44. The first-order valence-corrected chi connectivity index (χ1v) is 9.72. The molecule has 0 fully saturated rings. The van der Waals surface area contributed by atoms with Crippen molar-refractivity contribution in [2.24, 2.45) is 0 Å². The molecular weight excluding hydrogens is 451 g/mol. The minimum atomic E-state index is -3.08. The van der Waals surface area contributed by atoms with Crippen LogP contribution >= 0.6 is 23.2 Å². The molecule has 0 aliphatic heterocycles. The van der Waals surface area contributed by atoms with Gasteiger partial charge in [0, 0.05) is 6.54 Å². The second-order valence-electron chi connectivity index (χ2n) is 6.04. The highest BCUT2D eigenvalue weighted by Crippen LogP contribution is 2.28. The molecule has 0 aliphatic rings. The molecule has 2 aromatic rings. The van der Waals surface area contributed by atoms with Gasteiger partial charge in [-0.2, -0.15) is 8.78 Å². The highest BCUT2D eigenvalue weighted by Gasteiger charge is 2.15. The monoisotopic (exact) mass is 469 g/mol. The van der Waals surface area contributed by atoms with E-state index in [0.29, 0.717) is 24.2 Å². The van der Waals surface area contributed by atoms with Crippen molar-refractivity contribution in [3.05, 3.63) is 63.8 Å². The summed E-state index contributed by atoms with van der Waals surface area (Å²) < 4.78 is 39.9. The minimum absolute atomic E-state index is 0.107. The van der Waals surface area contributed by atoms with Gasteiger partial charge in [-0.15, -0.1) is 6.42 Å². The lowest BCUT2D eigenvalue weighted by molar-refractivity contribution is -0.116. The third kappa shape index (κ3) is 7.35. The summed E-state index contributed by atoms with van der Waals surface area (Å²) in [6.45, 7) is -2.75. The van der Waals surface area contributed by atoms with E-state index in [1.54, 1.807) is 18.2 Å². The molecule has 2 rings (SSSR count). The van der Waals surface area contributed by atoms with Crippen LogP contribution in [0.4, 0.5) is 8.78 Å². The van der Waals surface area contributed by atoms with Gasteiger partial charge in [-0.25, -0.2) is 0 Å². The summed E-state index contributed by atoms with van der Waals surface area (Å²) in [7, 11) is 1.50. The molecule has 0 spiro atoms. The number of carbonyl (C=O) groups is 1. The van der Waals surface area contributed by atoms with Gasteiger partial charge >= 0.3 is 6.61 Å². The highest BCUT2D eigenvalue weighted by atomic mass is 35.5. The zero-order chi connectivity index (χ0) is 22.8. The Morgan fingerprint density at radius 2 is 1.97 bits per heavy atom. The summed E-state index contributed by atoms with van der Waals surface area (Å²) >= 11 is 11.8. The van der Waals surface area contributed by atoms with Crippen LogP contribution in [0, 0.1) is 12.3 Å². The molecule has 0 aromatic heterocycles. The summed E-state index contributed by atoms with van der Waals surface area (Å²) in [5.74, 6) is 2.76. The van der Waals surface area contributed by atoms with Crippen molar-refractivity contribution in [3.8, 4) is 23.8 Å². The van der Waals surface area contributed by atoms with Crippen LogP contribution in [-0.2, 0) is 16.0 Å². The van der Waals surface area contributed by atoms with Crippen molar-refractivity contribution in [3.63, 3.8) is 0 Å². The van der Waals surface area contributed by atoms with Crippen LogP contribution in [0.5, 0.6) is 11.5 Å². The van der Waals surface area contributed by atoms with Crippen LogP contribution in [0.2, 0.25) is 10.0 Å². The second-order valence-corrected chi connectivity index (χ2v) is 6.86. The molecule has 9 heteroatoms. The molecule has 1 N–H and O–H groups in total. The smallest absolute Gasteiger partial charge is 0.386 e. The van der Waals surface area contributed by atoms with Gasteiger partial charge in [-0.3, -0.25) is 4.79 Å². The summed E-state index contributed by atoms with van der Waals surface area (Å²) in [6.07, 6.45) is 6.33. The van der Waals surface area contributed by atoms with E-state index in [1.165, 1.54) is 25.3 Å². The predicted octanol–water partition coefficient (Wildman–Crippen LogP) is 4.95. The Morgan fingerprint density at radius 3 is 2.61 bits per heavy atom. The Balaban J connectivity index is 2.08. The predicted molar refractivity (Wildman–Crippen MR) is 116 cm³/mol. The second kappa shape index (κ2) is 12.0. The summed E-state index contributed by atoms with van der Waals surface area (Å²) in [6, 6.07) is 9.60. The normalized spacial score (nSPS) is 11.1. The lowest BCUT2D eigenvalue weighted by atomic mass is 10.1. The number of alkyl halides is 2. The number of carbonyl (C=O) groups excluding carboxylic acids is 1. The molecule has 0 heterocycles. The number of terminal acetylenes is 1. The summed E-state index contributed by atoms with van der Waals surface area (Å²) in [4.78, 5) is 12.6. The van der Waals surface area contributed by atoms with E-state index in [0.717, 1.165) is 5.56 Å². The lowest BCUT2D eigenvalue weighted by Gasteiger charge is -2.12. The number of halogens is 4. The minimum Gasteiger partial charge on any atom is -0.493 e. The molecule has 0 atom stereocenters. The first kappa shape index (κ1) is 24.3. The Bertz CT molecular complexity index is 990. The van der Waals surface area contributed by atoms with Crippen LogP contribution in [0.25, 0.3) is 5.57 Å². The van der Waals surface area contributed by atoms with E-state index in [9.17, 15) is 13.6 Å².